The number of anilines is 1. The van der Waals surface area contributed by atoms with Crippen LogP contribution in [-0.4, -0.2) is 48.2 Å². The number of aromatic nitrogens is 2. The maximum atomic E-state index is 12.8. The van der Waals surface area contributed by atoms with Crippen LogP contribution in [0.15, 0.2) is 0 Å². The molecule has 2 aromatic heterocycles. The molecule has 1 saturated carbocycles. The van der Waals surface area contributed by atoms with E-state index in [0.717, 1.165) is 73.5 Å². The summed E-state index contributed by atoms with van der Waals surface area (Å²) in [5.41, 5.74) is 0.899. The van der Waals surface area contributed by atoms with E-state index in [1.165, 1.54) is 17.8 Å². The molecule has 1 aliphatic heterocycles. The minimum absolute atomic E-state index is 0.0446. The van der Waals surface area contributed by atoms with Crippen molar-refractivity contribution < 1.29 is 9.53 Å². The van der Waals surface area contributed by atoms with Crippen LogP contribution in [0.25, 0.3) is 10.2 Å². The van der Waals surface area contributed by atoms with Crippen molar-refractivity contribution in [3.63, 3.8) is 0 Å². The fourth-order valence-electron chi connectivity index (χ4n) is 3.78. The van der Waals surface area contributed by atoms with Gasteiger partial charge in [0, 0.05) is 26.2 Å². The topological polar surface area (TPSA) is 67.3 Å². The number of nitrogens with one attached hydrogen (secondary N) is 1. The molecule has 1 saturated heterocycles. The number of rotatable bonds is 3. The number of thiophene rings is 1. The molecule has 3 heterocycles. The molecule has 4 rings (SSSR count). The highest BCUT2D eigenvalue weighted by molar-refractivity contribution is 7.20. The average molecular weight is 395 g/mol. The van der Waals surface area contributed by atoms with Gasteiger partial charge in [-0.05, 0) is 49.8 Å². The molecule has 2 aliphatic rings. The summed E-state index contributed by atoms with van der Waals surface area (Å²) < 4.78 is 5.77. The number of nitrogens with zero attached hydrogens (tertiary/aromatic N) is 3. The Morgan fingerprint density at radius 1 is 1.23 bits per heavy atom. The van der Waals surface area contributed by atoms with Crippen molar-refractivity contribution in [2.45, 2.75) is 45.1 Å². The van der Waals surface area contributed by atoms with E-state index in [1.807, 2.05) is 6.92 Å². The summed E-state index contributed by atoms with van der Waals surface area (Å²) in [6.45, 7) is 5.49. The zero-order chi connectivity index (χ0) is 18.1. The molecule has 0 atom stereocenters. The van der Waals surface area contributed by atoms with Crippen LogP contribution in [0, 0.1) is 6.92 Å². The minimum atomic E-state index is -0.236. The molecule has 1 N–H and O–H groups in total. The van der Waals surface area contributed by atoms with Crippen LogP contribution in [0.4, 0.5) is 5.82 Å². The quantitative estimate of drug-likeness (QED) is 0.634. The number of carbonyl (C=O) groups is 1. The number of aryl methyl sites for hydroxylation is 1. The number of carbonyl (C=O) groups excluding carboxylic acids is 1. The van der Waals surface area contributed by atoms with E-state index in [9.17, 15) is 4.79 Å². The Morgan fingerprint density at radius 2 is 1.96 bits per heavy atom. The Balaban J connectivity index is 1.68. The third-order valence-corrected chi connectivity index (χ3v) is 6.51. The second kappa shape index (κ2) is 7.66. The van der Waals surface area contributed by atoms with Crippen LogP contribution in [0.5, 0.6) is 0 Å². The first-order valence-corrected chi connectivity index (χ1v) is 10.5. The molecular formula is C18H23ClN4O2S. The molecule has 6 nitrogen and oxygen atoms in total. The fraction of sp³-hybridized carbons (Fsp3) is 0.611. The highest BCUT2D eigenvalue weighted by Crippen LogP contribution is 2.37. The minimum Gasteiger partial charge on any atom is -0.458 e. The predicted molar refractivity (Wildman–Crippen MR) is 105 cm³/mol. The van der Waals surface area contributed by atoms with Crippen LogP contribution in [0.1, 0.15) is 47.3 Å². The maximum absolute atomic E-state index is 12.8. The van der Waals surface area contributed by atoms with Gasteiger partial charge in [0.2, 0.25) is 5.28 Å². The number of fused-ring (bicyclic) bond motifs is 1. The van der Waals surface area contributed by atoms with Gasteiger partial charge in [-0.25, -0.2) is 9.78 Å². The van der Waals surface area contributed by atoms with Gasteiger partial charge in [0.15, 0.2) is 0 Å². The Bertz CT molecular complexity index is 813. The molecule has 2 aromatic rings. The first-order chi connectivity index (χ1) is 12.6. The lowest BCUT2D eigenvalue weighted by Crippen LogP contribution is -2.44. The maximum Gasteiger partial charge on any atom is 0.348 e. The van der Waals surface area contributed by atoms with Gasteiger partial charge in [0.25, 0.3) is 0 Å². The summed E-state index contributed by atoms with van der Waals surface area (Å²) in [6.07, 6.45) is 5.48. The third kappa shape index (κ3) is 3.52. The monoisotopic (exact) mass is 394 g/mol. The predicted octanol–water partition coefficient (Wildman–Crippen LogP) is 3.55. The van der Waals surface area contributed by atoms with E-state index >= 15 is 0 Å². The normalized spacial score (nSPS) is 19.1. The van der Waals surface area contributed by atoms with E-state index in [-0.39, 0.29) is 17.4 Å². The number of halogens is 1. The number of piperazine rings is 1. The summed E-state index contributed by atoms with van der Waals surface area (Å²) in [5.74, 6) is 0.590. The van der Waals surface area contributed by atoms with Crippen molar-refractivity contribution in [1.29, 1.82) is 0 Å². The first kappa shape index (κ1) is 17.9. The lowest BCUT2D eigenvalue weighted by molar-refractivity contribution is 0.0216. The molecule has 8 heteroatoms. The third-order valence-electron chi connectivity index (χ3n) is 5.17. The number of esters is 1. The summed E-state index contributed by atoms with van der Waals surface area (Å²) in [5, 5.41) is 4.49. The van der Waals surface area contributed by atoms with Gasteiger partial charge in [-0.2, -0.15) is 4.98 Å². The standard InChI is InChI=1S/C18H23ClN4O2S/c1-11-13-15(23-9-7-20-8-10-23)21-18(19)22-16(13)26-14(11)17(24)25-12-5-3-2-4-6-12/h12,20H,2-10H2,1H3. The molecular weight excluding hydrogens is 372 g/mol. The smallest absolute Gasteiger partial charge is 0.348 e. The highest BCUT2D eigenvalue weighted by atomic mass is 35.5. The van der Waals surface area contributed by atoms with Crippen LogP contribution in [-0.2, 0) is 4.74 Å². The SMILES string of the molecule is Cc1c(C(=O)OC2CCCCC2)sc2nc(Cl)nc(N3CCNCC3)c12. The van der Waals surface area contributed by atoms with E-state index in [1.54, 1.807) is 0 Å². The summed E-state index contributed by atoms with van der Waals surface area (Å²) in [7, 11) is 0. The van der Waals surface area contributed by atoms with Gasteiger partial charge in [-0.15, -0.1) is 11.3 Å². The lowest BCUT2D eigenvalue weighted by Gasteiger charge is -2.29. The van der Waals surface area contributed by atoms with Crippen molar-refractivity contribution >= 4 is 44.9 Å². The van der Waals surface area contributed by atoms with E-state index < -0.39 is 0 Å². The first-order valence-electron chi connectivity index (χ1n) is 9.27. The van der Waals surface area contributed by atoms with Gasteiger partial charge >= 0.3 is 5.97 Å². The molecule has 0 spiro atoms. The fourth-order valence-corrected chi connectivity index (χ4v) is 5.05. The molecule has 140 valence electrons. The largest absolute Gasteiger partial charge is 0.458 e. The summed E-state index contributed by atoms with van der Waals surface area (Å²) in [4.78, 5) is 25.2. The summed E-state index contributed by atoms with van der Waals surface area (Å²) >= 11 is 7.53. The average Bonchev–Trinajstić information content (AvgIpc) is 2.99. The zero-order valence-corrected chi connectivity index (χ0v) is 16.5. The van der Waals surface area contributed by atoms with Crippen molar-refractivity contribution in [3.8, 4) is 0 Å². The van der Waals surface area contributed by atoms with E-state index in [4.69, 9.17) is 16.3 Å². The van der Waals surface area contributed by atoms with Gasteiger partial charge in [-0.3, -0.25) is 0 Å². The second-order valence-electron chi connectivity index (χ2n) is 6.95. The van der Waals surface area contributed by atoms with Gasteiger partial charge in [0.1, 0.15) is 21.6 Å². The van der Waals surface area contributed by atoms with Crippen LogP contribution in [0.2, 0.25) is 5.28 Å². The van der Waals surface area contributed by atoms with Crippen LogP contribution < -0.4 is 10.2 Å². The van der Waals surface area contributed by atoms with Crippen molar-refractivity contribution in [1.82, 2.24) is 15.3 Å². The van der Waals surface area contributed by atoms with Crippen molar-refractivity contribution in [3.05, 3.63) is 15.7 Å². The summed E-state index contributed by atoms with van der Waals surface area (Å²) in [6, 6.07) is 0. The zero-order valence-electron chi connectivity index (χ0n) is 14.9. The number of hydrogen-bond donors (Lipinski definition) is 1. The van der Waals surface area contributed by atoms with Crippen LogP contribution in [0.3, 0.4) is 0 Å². The van der Waals surface area contributed by atoms with Gasteiger partial charge in [0.05, 0.1) is 5.39 Å². The van der Waals surface area contributed by atoms with Gasteiger partial charge < -0.3 is 15.0 Å². The number of ether oxygens (including phenoxy) is 1. The molecule has 0 bridgehead atoms. The van der Waals surface area contributed by atoms with Crippen molar-refractivity contribution in [2.75, 3.05) is 31.1 Å². The molecule has 0 amide bonds. The van der Waals surface area contributed by atoms with E-state index in [2.05, 4.69) is 20.2 Å². The second-order valence-corrected chi connectivity index (χ2v) is 8.29. The molecule has 2 fully saturated rings. The molecule has 26 heavy (non-hydrogen) atoms. The molecule has 0 unspecified atom stereocenters. The van der Waals surface area contributed by atoms with Crippen LogP contribution >= 0.6 is 22.9 Å². The Labute approximate surface area is 161 Å². The Hall–Kier alpha value is -1.44. The van der Waals surface area contributed by atoms with Gasteiger partial charge in [-0.1, -0.05) is 6.42 Å². The number of hydrogen-bond acceptors (Lipinski definition) is 7. The molecule has 0 radical (unpaired) electrons. The molecule has 0 aromatic carbocycles. The van der Waals surface area contributed by atoms with E-state index in [0.29, 0.717) is 4.88 Å². The lowest BCUT2D eigenvalue weighted by atomic mass is 9.98. The highest BCUT2D eigenvalue weighted by Gasteiger charge is 2.26. The van der Waals surface area contributed by atoms with Crippen molar-refractivity contribution in [2.24, 2.45) is 0 Å². The Morgan fingerprint density at radius 3 is 2.69 bits per heavy atom. The molecule has 1 aliphatic carbocycles. The Kier molecular flexibility index (Phi) is 5.29.